The summed E-state index contributed by atoms with van der Waals surface area (Å²) >= 11 is 3.51. The normalized spacial score (nSPS) is 18.4. The highest BCUT2D eigenvalue weighted by Crippen LogP contribution is 2.50. The maximum atomic E-state index is 13.1. The molecule has 21 heavy (non-hydrogen) atoms. The lowest BCUT2D eigenvalue weighted by atomic mass is 9.94. The Morgan fingerprint density at radius 1 is 1.10 bits per heavy atom. The van der Waals surface area contributed by atoms with Gasteiger partial charge in [0.2, 0.25) is 5.91 Å². The molecule has 0 saturated heterocycles. The Kier molecular flexibility index (Phi) is 2.93. The predicted molar refractivity (Wildman–Crippen MR) is 87.6 cm³/mol. The molecule has 2 aromatic carbocycles. The number of nitrogens with zero attached hydrogens (tertiary/aromatic N) is 1. The largest absolute Gasteiger partial charge is 0.311 e. The van der Waals surface area contributed by atoms with Gasteiger partial charge in [0.1, 0.15) is 0 Å². The first-order chi connectivity index (χ1) is 10.2. The van der Waals surface area contributed by atoms with Gasteiger partial charge in [-0.1, -0.05) is 46.3 Å². The van der Waals surface area contributed by atoms with Crippen LogP contribution in [-0.4, -0.2) is 12.5 Å². The van der Waals surface area contributed by atoms with E-state index in [0.29, 0.717) is 0 Å². The summed E-state index contributed by atoms with van der Waals surface area (Å²) < 4.78 is 1.08. The Labute approximate surface area is 132 Å². The number of anilines is 1. The van der Waals surface area contributed by atoms with Gasteiger partial charge in [0.05, 0.1) is 5.41 Å². The van der Waals surface area contributed by atoms with Crippen LogP contribution in [-0.2, 0) is 16.6 Å². The smallest absolute Gasteiger partial charge is 0.237 e. The van der Waals surface area contributed by atoms with Gasteiger partial charge in [-0.3, -0.25) is 4.79 Å². The van der Waals surface area contributed by atoms with Crippen molar-refractivity contribution in [3.63, 3.8) is 0 Å². The third kappa shape index (κ3) is 2.03. The van der Waals surface area contributed by atoms with Gasteiger partial charge < -0.3 is 4.90 Å². The lowest BCUT2D eigenvalue weighted by Crippen LogP contribution is -2.38. The average molecular weight is 342 g/mol. The van der Waals surface area contributed by atoms with E-state index in [2.05, 4.69) is 40.2 Å². The Hall–Kier alpha value is -1.61. The fourth-order valence-electron chi connectivity index (χ4n) is 3.35. The Bertz CT molecular complexity index is 706. The molecule has 2 aromatic rings. The summed E-state index contributed by atoms with van der Waals surface area (Å²) in [5.41, 5.74) is 3.25. The van der Waals surface area contributed by atoms with E-state index in [-0.39, 0.29) is 11.3 Å². The molecular formula is C18H16BrNO. The molecular weight excluding hydrogens is 326 g/mol. The first kappa shape index (κ1) is 13.1. The van der Waals surface area contributed by atoms with Gasteiger partial charge >= 0.3 is 0 Å². The van der Waals surface area contributed by atoms with Crippen molar-refractivity contribution in [1.29, 1.82) is 0 Å². The molecule has 1 aliphatic heterocycles. The molecule has 106 valence electrons. The second-order valence-electron chi connectivity index (χ2n) is 5.93. The molecule has 0 bridgehead atoms. The molecule has 3 heteroatoms. The van der Waals surface area contributed by atoms with Crippen LogP contribution in [0.25, 0.3) is 0 Å². The number of rotatable bonds is 2. The SMILES string of the molecule is O=C(N1CCc2cc(Br)ccc21)C1(c2ccccc2)CC1. The summed E-state index contributed by atoms with van der Waals surface area (Å²) in [5, 5.41) is 0. The minimum atomic E-state index is -0.268. The van der Waals surface area contributed by atoms with Gasteiger partial charge in [-0.15, -0.1) is 0 Å². The quantitative estimate of drug-likeness (QED) is 0.806. The van der Waals surface area contributed by atoms with Gasteiger partial charge in [0, 0.05) is 16.7 Å². The van der Waals surface area contributed by atoms with E-state index in [9.17, 15) is 4.79 Å². The molecule has 0 radical (unpaired) electrons. The van der Waals surface area contributed by atoms with E-state index in [0.717, 1.165) is 36.0 Å². The van der Waals surface area contributed by atoms with Crippen molar-refractivity contribution in [1.82, 2.24) is 0 Å². The number of benzene rings is 2. The molecule has 0 atom stereocenters. The molecule has 4 rings (SSSR count). The number of fused-ring (bicyclic) bond motifs is 1. The van der Waals surface area contributed by atoms with Crippen LogP contribution in [0.1, 0.15) is 24.0 Å². The maximum absolute atomic E-state index is 13.1. The van der Waals surface area contributed by atoms with Crippen molar-refractivity contribution in [2.24, 2.45) is 0 Å². The average Bonchev–Trinajstić information content (AvgIpc) is 3.22. The highest BCUT2D eigenvalue weighted by Gasteiger charge is 2.53. The maximum Gasteiger partial charge on any atom is 0.237 e. The molecule has 1 saturated carbocycles. The van der Waals surface area contributed by atoms with Gasteiger partial charge in [-0.2, -0.15) is 0 Å². The van der Waals surface area contributed by atoms with Crippen LogP contribution in [0.3, 0.4) is 0 Å². The fraction of sp³-hybridized carbons (Fsp3) is 0.278. The van der Waals surface area contributed by atoms with Crippen LogP contribution in [0.2, 0.25) is 0 Å². The lowest BCUT2D eigenvalue weighted by molar-refractivity contribution is -0.120. The monoisotopic (exact) mass is 341 g/mol. The molecule has 2 aliphatic rings. The minimum absolute atomic E-state index is 0.268. The van der Waals surface area contributed by atoms with E-state index in [1.807, 2.05) is 29.2 Å². The second kappa shape index (κ2) is 4.70. The van der Waals surface area contributed by atoms with Crippen molar-refractivity contribution in [2.75, 3.05) is 11.4 Å². The molecule has 1 heterocycles. The molecule has 0 aromatic heterocycles. The molecule has 0 N–H and O–H groups in total. The summed E-state index contributed by atoms with van der Waals surface area (Å²) in [4.78, 5) is 15.1. The number of carbonyl (C=O) groups excluding carboxylic acids is 1. The van der Waals surface area contributed by atoms with Gasteiger partial charge in [0.25, 0.3) is 0 Å². The van der Waals surface area contributed by atoms with Crippen LogP contribution in [0.5, 0.6) is 0 Å². The van der Waals surface area contributed by atoms with Crippen molar-refractivity contribution in [2.45, 2.75) is 24.7 Å². The van der Waals surface area contributed by atoms with E-state index < -0.39 is 0 Å². The number of halogens is 1. The summed E-state index contributed by atoms with van der Waals surface area (Å²) in [7, 11) is 0. The minimum Gasteiger partial charge on any atom is -0.311 e. The van der Waals surface area contributed by atoms with Crippen LogP contribution in [0, 0.1) is 0 Å². The summed E-state index contributed by atoms with van der Waals surface area (Å²) in [5.74, 6) is 0.273. The highest BCUT2D eigenvalue weighted by atomic mass is 79.9. The molecule has 2 nitrogen and oxygen atoms in total. The van der Waals surface area contributed by atoms with Crippen molar-refractivity contribution < 1.29 is 4.79 Å². The Morgan fingerprint density at radius 3 is 2.57 bits per heavy atom. The van der Waals surface area contributed by atoms with Crippen LogP contribution in [0.15, 0.2) is 53.0 Å². The number of amides is 1. The molecule has 1 fully saturated rings. The molecule has 1 aliphatic carbocycles. The zero-order valence-corrected chi connectivity index (χ0v) is 13.3. The third-order valence-corrected chi connectivity index (χ3v) is 5.16. The first-order valence-corrected chi connectivity index (χ1v) is 8.16. The van der Waals surface area contributed by atoms with Gasteiger partial charge in [0.15, 0.2) is 0 Å². The van der Waals surface area contributed by atoms with Crippen molar-refractivity contribution in [3.8, 4) is 0 Å². The van der Waals surface area contributed by atoms with Crippen molar-refractivity contribution >= 4 is 27.5 Å². The zero-order chi connectivity index (χ0) is 14.4. The second-order valence-corrected chi connectivity index (χ2v) is 6.84. The Balaban J connectivity index is 1.69. The summed E-state index contributed by atoms with van der Waals surface area (Å²) in [6.45, 7) is 0.805. The van der Waals surface area contributed by atoms with Crippen LogP contribution < -0.4 is 4.90 Å². The summed E-state index contributed by atoms with van der Waals surface area (Å²) in [6, 6.07) is 16.4. The lowest BCUT2D eigenvalue weighted by Gasteiger charge is -2.24. The van der Waals surface area contributed by atoms with Crippen LogP contribution >= 0.6 is 15.9 Å². The molecule has 1 amide bonds. The standard InChI is InChI=1S/C18H16BrNO/c19-15-6-7-16-13(12-15)8-11-20(16)17(21)18(9-10-18)14-4-2-1-3-5-14/h1-7,12H,8-11H2. The van der Waals surface area contributed by atoms with E-state index in [1.165, 1.54) is 11.1 Å². The molecule has 0 unspecified atom stereocenters. The number of carbonyl (C=O) groups is 1. The number of hydrogen-bond acceptors (Lipinski definition) is 1. The topological polar surface area (TPSA) is 20.3 Å². The number of hydrogen-bond donors (Lipinski definition) is 0. The highest BCUT2D eigenvalue weighted by molar-refractivity contribution is 9.10. The van der Waals surface area contributed by atoms with Gasteiger partial charge in [-0.25, -0.2) is 0 Å². The fourth-order valence-corrected chi connectivity index (χ4v) is 3.76. The molecule has 0 spiro atoms. The van der Waals surface area contributed by atoms with Crippen molar-refractivity contribution in [3.05, 3.63) is 64.1 Å². The van der Waals surface area contributed by atoms with Gasteiger partial charge in [-0.05, 0) is 48.6 Å². The Morgan fingerprint density at radius 2 is 1.86 bits per heavy atom. The van der Waals surface area contributed by atoms with E-state index >= 15 is 0 Å². The zero-order valence-electron chi connectivity index (χ0n) is 11.7. The van der Waals surface area contributed by atoms with E-state index in [1.54, 1.807) is 0 Å². The van der Waals surface area contributed by atoms with E-state index in [4.69, 9.17) is 0 Å². The van der Waals surface area contributed by atoms with Crippen LogP contribution in [0.4, 0.5) is 5.69 Å². The summed E-state index contributed by atoms with van der Waals surface area (Å²) in [6.07, 6.45) is 2.89. The first-order valence-electron chi connectivity index (χ1n) is 7.37. The third-order valence-electron chi connectivity index (χ3n) is 4.67. The predicted octanol–water partition coefficient (Wildman–Crippen LogP) is 4.07.